The van der Waals surface area contributed by atoms with E-state index in [1.54, 1.807) is 25.6 Å². The molecule has 4 rings (SSSR count). The maximum atomic E-state index is 13.3. The van der Waals surface area contributed by atoms with Gasteiger partial charge in [-0.15, -0.1) is 11.3 Å². The Morgan fingerprint density at radius 1 is 0.830 bits per heavy atom. The topological polar surface area (TPSA) is 68.3 Å². The first-order valence-electron chi connectivity index (χ1n) is 17.2. The number of methoxy groups -OCH3 is 2. The van der Waals surface area contributed by atoms with Gasteiger partial charge in [0.15, 0.2) is 17.3 Å². The predicted molar refractivity (Wildman–Crippen MR) is 191 cm³/mol. The third-order valence-electron chi connectivity index (χ3n) is 8.87. The lowest BCUT2D eigenvalue weighted by molar-refractivity contribution is -0.135. The van der Waals surface area contributed by atoms with E-state index in [4.69, 9.17) is 14.2 Å². The number of benzene rings is 2. The molecule has 0 aliphatic carbocycles. The fourth-order valence-corrected chi connectivity index (χ4v) is 7.15. The first-order chi connectivity index (χ1) is 22.6. The highest BCUT2D eigenvalue weighted by Gasteiger charge is 2.30. The number of amides is 1. The molecule has 2 heterocycles. The van der Waals surface area contributed by atoms with Crippen molar-refractivity contribution in [3.63, 3.8) is 0 Å². The maximum absolute atomic E-state index is 13.3. The van der Waals surface area contributed by atoms with Crippen LogP contribution in [0.2, 0.25) is 0 Å². The normalized spacial score (nSPS) is 13.9. The summed E-state index contributed by atoms with van der Waals surface area (Å²) in [6, 6.07) is 16.9. The second kappa shape index (κ2) is 17.7. The molecule has 0 N–H and O–H groups in total. The molecule has 1 aliphatic heterocycles. The predicted octanol–water partition coefficient (Wildman–Crippen LogP) is 8.15. The summed E-state index contributed by atoms with van der Waals surface area (Å²) in [6.07, 6.45) is 7.26. The van der Waals surface area contributed by atoms with Crippen LogP contribution in [0, 0.1) is 12.3 Å². The van der Waals surface area contributed by atoms with Crippen molar-refractivity contribution in [2.75, 3.05) is 47.0 Å². The fourth-order valence-electron chi connectivity index (χ4n) is 6.16. The molecule has 0 saturated carbocycles. The Bertz CT molecular complexity index is 1440. The van der Waals surface area contributed by atoms with Crippen LogP contribution in [-0.2, 0) is 24.2 Å². The standard InChI is InChI=1S/C39H54N2O5S/c1-7-25-46-38-34(44-5)19-17-31(37(38)45-6)28-40-21-23-41(24-22-40)36(43)27-39(3,4)26-33(42)35-20-18-32(47-35)12-10-8-9-11-30-15-13-29(2)14-16-30/h13-20H,7-12,21-28H2,1-6H3. The maximum Gasteiger partial charge on any atom is 0.223 e. The second-order valence-electron chi connectivity index (χ2n) is 13.5. The van der Waals surface area contributed by atoms with Crippen LogP contribution in [0.5, 0.6) is 17.2 Å². The fraction of sp³-hybridized carbons (Fsp3) is 0.538. The van der Waals surface area contributed by atoms with Crippen molar-refractivity contribution in [2.45, 2.75) is 85.6 Å². The lowest BCUT2D eigenvalue weighted by Crippen LogP contribution is -2.49. The SMILES string of the molecule is CCCOc1c(OC)ccc(CN2CCN(C(=O)CC(C)(C)CC(=O)c3ccc(CCCCCc4ccc(C)cc4)s3)CC2)c1OC. The summed E-state index contributed by atoms with van der Waals surface area (Å²) in [5.74, 6) is 2.27. The van der Waals surface area contributed by atoms with Gasteiger partial charge in [0, 0.05) is 56.0 Å². The Kier molecular flexibility index (Phi) is 13.7. The Labute approximate surface area is 286 Å². The van der Waals surface area contributed by atoms with Gasteiger partial charge in [0.1, 0.15) is 0 Å². The molecule has 1 saturated heterocycles. The average molecular weight is 663 g/mol. The molecule has 3 aromatic rings. The molecule has 0 atom stereocenters. The molecular weight excluding hydrogens is 609 g/mol. The number of ether oxygens (including phenoxy) is 3. The van der Waals surface area contributed by atoms with Crippen LogP contribution in [0.4, 0.5) is 0 Å². The van der Waals surface area contributed by atoms with Crippen molar-refractivity contribution in [3.8, 4) is 17.2 Å². The van der Waals surface area contributed by atoms with Crippen molar-refractivity contribution in [3.05, 3.63) is 75.0 Å². The number of ketones is 1. The molecule has 1 fully saturated rings. The number of carbonyl (C=O) groups is 2. The molecule has 2 aromatic carbocycles. The van der Waals surface area contributed by atoms with Gasteiger partial charge < -0.3 is 19.1 Å². The lowest BCUT2D eigenvalue weighted by atomic mass is 9.83. The zero-order valence-electron chi connectivity index (χ0n) is 29.4. The van der Waals surface area contributed by atoms with E-state index in [2.05, 4.69) is 49.1 Å². The van der Waals surface area contributed by atoms with Gasteiger partial charge in [0.25, 0.3) is 0 Å². The minimum atomic E-state index is -0.406. The minimum Gasteiger partial charge on any atom is -0.493 e. The number of Topliss-reactive ketones (excluding diaryl/α,β-unsaturated/α-hetero) is 1. The molecule has 0 spiro atoms. The van der Waals surface area contributed by atoms with Crippen LogP contribution in [0.25, 0.3) is 0 Å². The number of nitrogens with zero attached hydrogens (tertiary/aromatic N) is 2. The summed E-state index contributed by atoms with van der Waals surface area (Å²) in [5.41, 5.74) is 3.34. The highest BCUT2D eigenvalue weighted by Crippen LogP contribution is 2.41. The Balaban J connectivity index is 1.20. The van der Waals surface area contributed by atoms with Gasteiger partial charge in [-0.3, -0.25) is 14.5 Å². The molecule has 1 aliphatic rings. The molecule has 47 heavy (non-hydrogen) atoms. The highest BCUT2D eigenvalue weighted by atomic mass is 32.1. The molecule has 8 heteroatoms. The van der Waals surface area contributed by atoms with E-state index in [9.17, 15) is 9.59 Å². The van der Waals surface area contributed by atoms with Crippen LogP contribution >= 0.6 is 11.3 Å². The summed E-state index contributed by atoms with van der Waals surface area (Å²) in [4.78, 5) is 32.9. The molecule has 0 unspecified atom stereocenters. The summed E-state index contributed by atoms with van der Waals surface area (Å²) < 4.78 is 17.2. The molecular formula is C39H54N2O5S. The Hall–Kier alpha value is -3.36. The van der Waals surface area contributed by atoms with Crippen LogP contribution in [0.1, 0.15) is 90.5 Å². The lowest BCUT2D eigenvalue weighted by Gasteiger charge is -2.36. The Morgan fingerprint density at radius 3 is 2.23 bits per heavy atom. The second-order valence-corrected chi connectivity index (χ2v) is 14.7. The number of thiophene rings is 1. The number of hydrogen-bond acceptors (Lipinski definition) is 7. The average Bonchev–Trinajstić information content (AvgIpc) is 3.53. The quantitative estimate of drug-likeness (QED) is 0.101. The van der Waals surface area contributed by atoms with Crippen LogP contribution in [0.3, 0.4) is 0 Å². The molecule has 1 amide bonds. The van der Waals surface area contributed by atoms with Crippen molar-refractivity contribution >= 4 is 23.0 Å². The first-order valence-corrected chi connectivity index (χ1v) is 18.0. The smallest absolute Gasteiger partial charge is 0.223 e. The van der Waals surface area contributed by atoms with Crippen LogP contribution in [0.15, 0.2) is 48.5 Å². The van der Waals surface area contributed by atoms with Crippen LogP contribution in [-0.4, -0.2) is 68.5 Å². The molecule has 0 bridgehead atoms. The number of piperazine rings is 1. The third kappa shape index (κ3) is 10.8. The number of hydrogen-bond donors (Lipinski definition) is 0. The van der Waals surface area contributed by atoms with E-state index in [1.807, 2.05) is 36.9 Å². The van der Waals surface area contributed by atoms with Crippen molar-refractivity contribution in [1.82, 2.24) is 9.80 Å². The van der Waals surface area contributed by atoms with E-state index >= 15 is 0 Å². The summed E-state index contributed by atoms with van der Waals surface area (Å²) in [5, 5.41) is 0. The van der Waals surface area contributed by atoms with Gasteiger partial charge in [-0.25, -0.2) is 0 Å². The van der Waals surface area contributed by atoms with Gasteiger partial charge in [-0.1, -0.05) is 63.1 Å². The Morgan fingerprint density at radius 2 is 1.55 bits per heavy atom. The zero-order valence-corrected chi connectivity index (χ0v) is 30.2. The van der Waals surface area contributed by atoms with E-state index in [1.165, 1.54) is 28.8 Å². The molecule has 256 valence electrons. The van der Waals surface area contributed by atoms with Gasteiger partial charge >= 0.3 is 0 Å². The zero-order chi connectivity index (χ0) is 33.8. The van der Waals surface area contributed by atoms with Gasteiger partial charge in [-0.2, -0.15) is 0 Å². The van der Waals surface area contributed by atoms with Crippen molar-refractivity contribution < 1.29 is 23.8 Å². The van der Waals surface area contributed by atoms with Crippen molar-refractivity contribution in [2.24, 2.45) is 5.41 Å². The highest BCUT2D eigenvalue weighted by molar-refractivity contribution is 7.14. The van der Waals surface area contributed by atoms with Gasteiger partial charge in [0.2, 0.25) is 11.7 Å². The number of carbonyl (C=O) groups excluding carboxylic acids is 2. The monoisotopic (exact) mass is 662 g/mol. The largest absolute Gasteiger partial charge is 0.493 e. The van der Waals surface area contributed by atoms with Gasteiger partial charge in [-0.05, 0) is 68.2 Å². The number of unbranched alkanes of at least 4 members (excludes halogenated alkanes) is 2. The molecule has 0 radical (unpaired) electrons. The summed E-state index contributed by atoms with van der Waals surface area (Å²) >= 11 is 1.62. The number of rotatable bonds is 18. The van der Waals surface area contributed by atoms with E-state index in [-0.39, 0.29) is 11.7 Å². The molecule has 7 nitrogen and oxygen atoms in total. The van der Waals surface area contributed by atoms with Crippen LogP contribution < -0.4 is 14.2 Å². The van der Waals surface area contributed by atoms with Gasteiger partial charge in [0.05, 0.1) is 25.7 Å². The first kappa shape index (κ1) is 36.5. The summed E-state index contributed by atoms with van der Waals surface area (Å²) in [7, 11) is 3.29. The molecule has 1 aromatic heterocycles. The van der Waals surface area contributed by atoms with E-state index in [0.29, 0.717) is 56.3 Å². The van der Waals surface area contributed by atoms with E-state index < -0.39 is 5.41 Å². The van der Waals surface area contributed by atoms with Crippen molar-refractivity contribution in [1.29, 1.82) is 0 Å². The summed E-state index contributed by atoms with van der Waals surface area (Å²) in [6.45, 7) is 12.4. The third-order valence-corrected chi connectivity index (χ3v) is 10.1. The number of aryl methyl sites for hydroxylation is 3. The van der Waals surface area contributed by atoms with E-state index in [0.717, 1.165) is 49.2 Å². The minimum absolute atomic E-state index is 0.122.